The Labute approximate surface area is 147 Å². The average molecular weight is 471 g/mol. The van der Waals surface area contributed by atoms with Crippen molar-refractivity contribution < 1.29 is 23.1 Å². The molecule has 0 aliphatic rings. The van der Waals surface area contributed by atoms with E-state index < -0.39 is 23.5 Å². The fourth-order valence-electron chi connectivity index (χ4n) is 1.90. The van der Waals surface area contributed by atoms with Crippen LogP contribution in [0.15, 0.2) is 26.5 Å². The van der Waals surface area contributed by atoms with Gasteiger partial charge in [0.2, 0.25) is 0 Å². The van der Waals surface area contributed by atoms with E-state index in [-0.39, 0.29) is 15.8 Å². The fraction of sp³-hybridized carbons (Fsp3) is 0.0833. The SMILES string of the molecule is O=C(O)c1nn2c(C(F)(F)F)cc(-c3cc(Br)cs3)nc2c1Br. The van der Waals surface area contributed by atoms with Crippen LogP contribution in [0.1, 0.15) is 16.2 Å². The Morgan fingerprint density at radius 1 is 1.30 bits per heavy atom. The number of carboxylic acid groups (broad SMARTS) is 1. The third-order valence-electron chi connectivity index (χ3n) is 2.85. The van der Waals surface area contributed by atoms with Gasteiger partial charge in [0.1, 0.15) is 0 Å². The molecular weight excluding hydrogens is 467 g/mol. The Kier molecular flexibility index (Phi) is 3.97. The predicted molar refractivity (Wildman–Crippen MR) is 83.7 cm³/mol. The van der Waals surface area contributed by atoms with Gasteiger partial charge in [-0.05, 0) is 44.0 Å². The molecule has 3 heterocycles. The minimum Gasteiger partial charge on any atom is -0.476 e. The third kappa shape index (κ3) is 2.88. The molecule has 3 aromatic heterocycles. The van der Waals surface area contributed by atoms with Gasteiger partial charge >= 0.3 is 12.1 Å². The van der Waals surface area contributed by atoms with Gasteiger partial charge in [0.25, 0.3) is 0 Å². The lowest BCUT2D eigenvalue weighted by molar-refractivity contribution is -0.142. The topological polar surface area (TPSA) is 67.5 Å². The first-order valence-electron chi connectivity index (χ1n) is 5.82. The Hall–Kier alpha value is -1.46. The normalized spacial score (nSPS) is 12.0. The van der Waals surface area contributed by atoms with Crippen LogP contribution in [0.4, 0.5) is 13.2 Å². The van der Waals surface area contributed by atoms with Gasteiger partial charge in [0, 0.05) is 9.85 Å². The number of carbonyl (C=O) groups is 1. The van der Waals surface area contributed by atoms with Gasteiger partial charge in [-0.15, -0.1) is 11.3 Å². The van der Waals surface area contributed by atoms with Gasteiger partial charge < -0.3 is 5.11 Å². The van der Waals surface area contributed by atoms with Crippen LogP contribution in [0.2, 0.25) is 0 Å². The summed E-state index contributed by atoms with van der Waals surface area (Å²) in [6.45, 7) is 0. The molecule has 0 amide bonds. The van der Waals surface area contributed by atoms with Crippen LogP contribution < -0.4 is 0 Å². The van der Waals surface area contributed by atoms with Crippen LogP contribution in [0.5, 0.6) is 0 Å². The van der Waals surface area contributed by atoms with Gasteiger partial charge in [-0.25, -0.2) is 14.3 Å². The van der Waals surface area contributed by atoms with Crippen LogP contribution in [-0.4, -0.2) is 25.7 Å². The van der Waals surface area contributed by atoms with Crippen molar-refractivity contribution in [3.63, 3.8) is 0 Å². The maximum atomic E-state index is 13.3. The first kappa shape index (κ1) is 16.4. The molecule has 0 aromatic carbocycles. The van der Waals surface area contributed by atoms with Crippen molar-refractivity contribution in [1.29, 1.82) is 0 Å². The Morgan fingerprint density at radius 2 is 2.00 bits per heavy atom. The third-order valence-corrected chi connectivity index (χ3v) is 5.29. The summed E-state index contributed by atoms with van der Waals surface area (Å²) in [6, 6.07) is 2.47. The molecule has 0 saturated carbocycles. The Balaban J connectivity index is 2.37. The van der Waals surface area contributed by atoms with Crippen LogP contribution >= 0.6 is 43.2 Å². The second-order valence-corrected chi connectivity index (χ2v) is 6.98. The quantitative estimate of drug-likeness (QED) is 0.589. The number of fused-ring (bicyclic) bond motifs is 1. The van der Waals surface area contributed by atoms with E-state index in [0.29, 0.717) is 13.9 Å². The second kappa shape index (κ2) is 5.56. The average Bonchev–Trinajstić information content (AvgIpc) is 3.01. The van der Waals surface area contributed by atoms with E-state index in [1.807, 2.05) is 0 Å². The van der Waals surface area contributed by atoms with Crippen LogP contribution in [0.3, 0.4) is 0 Å². The van der Waals surface area contributed by atoms with Crippen LogP contribution in [0, 0.1) is 0 Å². The van der Waals surface area contributed by atoms with E-state index in [0.717, 1.165) is 6.07 Å². The molecule has 1 N–H and O–H groups in total. The van der Waals surface area contributed by atoms with Crippen molar-refractivity contribution in [3.8, 4) is 10.6 Å². The smallest absolute Gasteiger partial charge is 0.433 e. The molecule has 0 bridgehead atoms. The second-order valence-electron chi connectivity index (χ2n) is 4.36. The molecule has 11 heteroatoms. The Morgan fingerprint density at radius 3 is 2.52 bits per heavy atom. The summed E-state index contributed by atoms with van der Waals surface area (Å²) in [5, 5.41) is 14.2. The molecule has 0 saturated heterocycles. The number of alkyl halides is 3. The summed E-state index contributed by atoms with van der Waals surface area (Å²) >= 11 is 7.41. The molecule has 3 aromatic rings. The molecule has 0 atom stereocenters. The van der Waals surface area contributed by atoms with E-state index >= 15 is 0 Å². The molecule has 5 nitrogen and oxygen atoms in total. The minimum atomic E-state index is -4.72. The fourth-order valence-corrected chi connectivity index (χ4v) is 3.80. The first-order valence-corrected chi connectivity index (χ1v) is 8.29. The summed E-state index contributed by atoms with van der Waals surface area (Å²) in [7, 11) is 0. The van der Waals surface area contributed by atoms with Gasteiger partial charge in [0.15, 0.2) is 17.0 Å². The van der Waals surface area contributed by atoms with E-state index in [9.17, 15) is 18.0 Å². The number of carboxylic acids is 1. The van der Waals surface area contributed by atoms with Gasteiger partial charge in [-0.1, -0.05) is 0 Å². The molecule has 0 spiro atoms. The summed E-state index contributed by atoms with van der Waals surface area (Å²) in [5.74, 6) is -1.45. The van der Waals surface area contributed by atoms with E-state index in [2.05, 4.69) is 41.9 Å². The molecule has 3 rings (SSSR count). The zero-order chi connectivity index (χ0) is 16.9. The molecule has 120 valence electrons. The van der Waals surface area contributed by atoms with Crippen LogP contribution in [-0.2, 0) is 6.18 Å². The molecule has 23 heavy (non-hydrogen) atoms. The maximum Gasteiger partial charge on any atom is 0.433 e. The van der Waals surface area contributed by atoms with E-state index in [4.69, 9.17) is 5.11 Å². The lowest BCUT2D eigenvalue weighted by atomic mass is 10.2. The molecule has 0 unspecified atom stereocenters. The number of halogens is 5. The number of rotatable bonds is 2. The van der Waals surface area contributed by atoms with E-state index in [1.165, 1.54) is 11.3 Å². The number of hydrogen-bond donors (Lipinski definition) is 1. The summed E-state index contributed by atoms with van der Waals surface area (Å²) in [6.07, 6.45) is -4.72. The number of aromatic nitrogens is 3. The number of thiophene rings is 1. The van der Waals surface area contributed by atoms with Crippen molar-refractivity contribution in [3.05, 3.63) is 37.8 Å². The van der Waals surface area contributed by atoms with Gasteiger partial charge in [-0.3, -0.25) is 0 Å². The number of nitrogens with zero attached hydrogens (tertiary/aromatic N) is 3. The summed E-state index contributed by atoms with van der Waals surface area (Å²) < 4.78 is 41.0. The molecule has 0 aliphatic carbocycles. The maximum absolute atomic E-state index is 13.3. The number of hydrogen-bond acceptors (Lipinski definition) is 4. The monoisotopic (exact) mass is 469 g/mol. The minimum absolute atomic E-state index is 0.0815. The molecule has 0 radical (unpaired) electrons. The van der Waals surface area contributed by atoms with Crippen LogP contribution in [0.25, 0.3) is 16.2 Å². The van der Waals surface area contributed by atoms with Crippen molar-refractivity contribution in [2.75, 3.05) is 0 Å². The Bertz CT molecular complexity index is 936. The zero-order valence-electron chi connectivity index (χ0n) is 10.7. The lowest BCUT2D eigenvalue weighted by Crippen LogP contribution is -2.14. The highest BCUT2D eigenvalue weighted by molar-refractivity contribution is 9.11. The molecule has 0 fully saturated rings. The first-order chi connectivity index (χ1) is 10.7. The van der Waals surface area contributed by atoms with Gasteiger partial charge in [0.05, 0.1) is 15.0 Å². The van der Waals surface area contributed by atoms with Crippen molar-refractivity contribution in [1.82, 2.24) is 14.6 Å². The standard InChI is InChI=1S/C12H4Br2F3N3O2S/c13-4-1-6(23-3-4)5-2-7(12(15,16)17)20-10(18-5)8(14)9(19-20)11(21)22/h1-3H,(H,21,22). The predicted octanol–water partition coefficient (Wildman–Crippen LogP) is 4.70. The zero-order valence-corrected chi connectivity index (χ0v) is 14.7. The molecule has 0 aliphatic heterocycles. The highest BCUT2D eigenvalue weighted by Gasteiger charge is 2.36. The highest BCUT2D eigenvalue weighted by atomic mass is 79.9. The van der Waals surface area contributed by atoms with Gasteiger partial charge in [-0.2, -0.15) is 18.3 Å². The number of aromatic carboxylic acids is 1. The highest BCUT2D eigenvalue weighted by Crippen LogP contribution is 2.36. The summed E-state index contributed by atoms with van der Waals surface area (Å²) in [4.78, 5) is 15.7. The molecular formula is C12H4Br2F3N3O2S. The largest absolute Gasteiger partial charge is 0.476 e. The van der Waals surface area contributed by atoms with Crippen molar-refractivity contribution in [2.45, 2.75) is 6.18 Å². The van der Waals surface area contributed by atoms with Crippen molar-refractivity contribution >= 4 is 54.8 Å². The lowest BCUT2D eigenvalue weighted by Gasteiger charge is -2.10. The van der Waals surface area contributed by atoms with E-state index in [1.54, 1.807) is 11.4 Å². The van der Waals surface area contributed by atoms with Crippen molar-refractivity contribution in [2.24, 2.45) is 0 Å². The summed E-state index contributed by atoms with van der Waals surface area (Å²) in [5.41, 5.74) is -1.77.